The van der Waals surface area contributed by atoms with E-state index in [1.54, 1.807) is 0 Å². The molecular weight excluding hydrogens is 254 g/mol. The molecule has 1 aliphatic rings. The molecule has 0 aromatic carbocycles. The predicted octanol–water partition coefficient (Wildman–Crippen LogP) is 0.854. The van der Waals surface area contributed by atoms with E-state index >= 15 is 0 Å². The van der Waals surface area contributed by atoms with Crippen LogP contribution in [0.4, 0.5) is 0 Å². The topological polar surface area (TPSA) is 86.3 Å². The first-order valence-corrected chi connectivity index (χ1v) is 7.59. The second kappa shape index (κ2) is 4.99. The molecule has 0 amide bonds. The summed E-state index contributed by atoms with van der Waals surface area (Å²) in [7, 11) is -3.60. The molecule has 2 N–H and O–H groups in total. The number of H-pyrrole nitrogens is 1. The van der Waals surface area contributed by atoms with Gasteiger partial charge in [0.2, 0.25) is 0 Å². The van der Waals surface area contributed by atoms with Crippen LogP contribution in [0.25, 0.3) is 0 Å². The minimum absolute atomic E-state index is 0.0191. The van der Waals surface area contributed by atoms with Crippen LogP contribution in [0, 0.1) is 0 Å². The van der Waals surface area contributed by atoms with Crippen LogP contribution in [0.3, 0.4) is 0 Å². The van der Waals surface area contributed by atoms with Crippen molar-refractivity contribution in [2.45, 2.75) is 56.8 Å². The van der Waals surface area contributed by atoms with Crippen molar-refractivity contribution >= 4 is 10.0 Å². The van der Waals surface area contributed by atoms with Crippen LogP contribution < -0.4 is 0 Å². The number of aromatic amines is 1. The van der Waals surface area contributed by atoms with Crippen molar-refractivity contribution in [1.82, 2.24) is 14.5 Å². The molecule has 2 atom stereocenters. The summed E-state index contributed by atoms with van der Waals surface area (Å²) in [6.07, 6.45) is 4.13. The van der Waals surface area contributed by atoms with Gasteiger partial charge in [-0.2, -0.15) is 9.40 Å². The fraction of sp³-hybridized carbons (Fsp3) is 0.727. The van der Waals surface area contributed by atoms with E-state index in [0.29, 0.717) is 5.56 Å². The largest absolute Gasteiger partial charge is 0.392 e. The van der Waals surface area contributed by atoms with Gasteiger partial charge in [-0.05, 0) is 26.7 Å². The molecule has 18 heavy (non-hydrogen) atoms. The van der Waals surface area contributed by atoms with E-state index in [1.165, 1.54) is 10.5 Å². The van der Waals surface area contributed by atoms with Gasteiger partial charge in [0.25, 0.3) is 10.0 Å². The normalized spacial score (nSPS) is 26.4. The summed E-state index contributed by atoms with van der Waals surface area (Å²) in [6.45, 7) is 3.51. The number of aromatic nitrogens is 2. The molecule has 2 unspecified atom stereocenters. The molecule has 0 aliphatic carbocycles. The summed E-state index contributed by atoms with van der Waals surface area (Å²) in [5.41, 5.74) is 0.319. The lowest BCUT2D eigenvalue weighted by molar-refractivity contribution is 0.203. The number of aliphatic hydroxyl groups excluding tert-OH is 1. The van der Waals surface area contributed by atoms with Crippen LogP contribution in [0.15, 0.2) is 11.2 Å². The minimum Gasteiger partial charge on any atom is -0.392 e. The van der Waals surface area contributed by atoms with Crippen molar-refractivity contribution in [3.63, 3.8) is 0 Å². The van der Waals surface area contributed by atoms with E-state index in [2.05, 4.69) is 10.2 Å². The van der Waals surface area contributed by atoms with Gasteiger partial charge in [0.1, 0.15) is 0 Å². The molecule has 2 rings (SSSR count). The molecule has 1 saturated heterocycles. The maximum absolute atomic E-state index is 12.6. The average molecular weight is 273 g/mol. The van der Waals surface area contributed by atoms with Crippen molar-refractivity contribution in [1.29, 1.82) is 0 Å². The second-order valence-electron chi connectivity index (χ2n) is 4.85. The smallest absolute Gasteiger partial charge is 0.260 e. The molecule has 1 aromatic heterocycles. The van der Waals surface area contributed by atoms with Crippen molar-refractivity contribution in [3.8, 4) is 0 Å². The van der Waals surface area contributed by atoms with Crippen molar-refractivity contribution < 1.29 is 13.5 Å². The molecule has 1 aliphatic heterocycles. The van der Waals surface area contributed by atoms with Crippen LogP contribution in [0.2, 0.25) is 0 Å². The number of rotatable bonds is 3. The minimum atomic E-state index is -3.60. The maximum Gasteiger partial charge on any atom is 0.260 e. The summed E-state index contributed by atoms with van der Waals surface area (Å²) in [5.74, 6) is 0. The van der Waals surface area contributed by atoms with Gasteiger partial charge in [-0.3, -0.25) is 5.10 Å². The zero-order valence-corrected chi connectivity index (χ0v) is 11.4. The number of hydrogen-bond donors (Lipinski definition) is 2. The molecule has 7 heteroatoms. The first kappa shape index (κ1) is 13.5. The van der Waals surface area contributed by atoms with E-state index in [0.717, 1.165) is 19.3 Å². The third-order valence-electron chi connectivity index (χ3n) is 3.50. The highest BCUT2D eigenvalue weighted by Gasteiger charge is 2.37. The molecule has 2 heterocycles. The van der Waals surface area contributed by atoms with Gasteiger partial charge in [0.05, 0.1) is 12.8 Å². The molecule has 1 fully saturated rings. The monoisotopic (exact) mass is 273 g/mol. The van der Waals surface area contributed by atoms with Crippen molar-refractivity contribution in [2.24, 2.45) is 0 Å². The summed E-state index contributed by atoms with van der Waals surface area (Å²) in [5, 5.41) is 15.4. The van der Waals surface area contributed by atoms with Crippen molar-refractivity contribution in [3.05, 3.63) is 11.8 Å². The summed E-state index contributed by atoms with van der Waals surface area (Å²) in [6, 6.07) is -0.0396. The number of nitrogens with zero attached hydrogens (tertiary/aromatic N) is 2. The van der Waals surface area contributed by atoms with Crippen LogP contribution >= 0.6 is 0 Å². The highest BCUT2D eigenvalue weighted by Crippen LogP contribution is 2.29. The van der Waals surface area contributed by atoms with Crippen LogP contribution in [-0.2, 0) is 16.6 Å². The van der Waals surface area contributed by atoms with E-state index in [1.807, 2.05) is 13.8 Å². The lowest BCUT2D eigenvalue weighted by atomic mass is 10.0. The molecule has 102 valence electrons. The molecule has 1 aromatic rings. The number of sulfonamides is 1. The summed E-state index contributed by atoms with van der Waals surface area (Å²) < 4.78 is 26.7. The van der Waals surface area contributed by atoms with E-state index in [4.69, 9.17) is 5.11 Å². The fourth-order valence-electron chi connectivity index (χ4n) is 2.61. The number of piperidine rings is 1. The van der Waals surface area contributed by atoms with Gasteiger partial charge in [0, 0.05) is 17.6 Å². The Morgan fingerprint density at radius 2 is 2.06 bits per heavy atom. The quantitative estimate of drug-likeness (QED) is 0.855. The number of nitrogens with one attached hydrogen (secondary N) is 1. The van der Waals surface area contributed by atoms with Crippen molar-refractivity contribution in [2.75, 3.05) is 0 Å². The summed E-state index contributed by atoms with van der Waals surface area (Å²) in [4.78, 5) is 0. The Morgan fingerprint density at radius 1 is 1.44 bits per heavy atom. The Labute approximate surface area is 107 Å². The SMILES string of the molecule is CC1CCCC(C)N1S(=O)(=O)c1[nH]ncc1CO. The average Bonchev–Trinajstić information content (AvgIpc) is 2.77. The first-order valence-electron chi connectivity index (χ1n) is 6.15. The molecule has 0 saturated carbocycles. The lowest BCUT2D eigenvalue weighted by Crippen LogP contribution is -2.47. The molecule has 6 nitrogen and oxygen atoms in total. The van der Waals surface area contributed by atoms with Gasteiger partial charge >= 0.3 is 0 Å². The van der Waals surface area contributed by atoms with Crippen LogP contribution in [0.1, 0.15) is 38.7 Å². The lowest BCUT2D eigenvalue weighted by Gasteiger charge is -2.37. The molecular formula is C11H19N3O3S. The Kier molecular flexibility index (Phi) is 3.74. The van der Waals surface area contributed by atoms with Gasteiger partial charge in [-0.25, -0.2) is 8.42 Å². The van der Waals surface area contributed by atoms with Gasteiger partial charge < -0.3 is 5.11 Å². The Morgan fingerprint density at radius 3 is 2.61 bits per heavy atom. The highest BCUT2D eigenvalue weighted by molar-refractivity contribution is 7.89. The fourth-order valence-corrected chi connectivity index (χ4v) is 4.60. The third kappa shape index (κ3) is 2.17. The Hall–Kier alpha value is -0.920. The second-order valence-corrected chi connectivity index (χ2v) is 6.63. The van der Waals surface area contributed by atoms with Gasteiger partial charge in [-0.1, -0.05) is 6.42 Å². The zero-order valence-electron chi connectivity index (χ0n) is 10.6. The standard InChI is InChI=1S/C11H19N3O3S/c1-8-4-3-5-9(2)14(8)18(16,17)11-10(7-15)6-12-13-11/h6,8-9,15H,3-5,7H2,1-2H3,(H,12,13). The van der Waals surface area contributed by atoms with E-state index in [9.17, 15) is 8.42 Å². The first-order chi connectivity index (χ1) is 8.48. The Balaban J connectivity index is 2.41. The highest BCUT2D eigenvalue weighted by atomic mass is 32.2. The molecule has 0 radical (unpaired) electrons. The summed E-state index contributed by atoms with van der Waals surface area (Å²) >= 11 is 0. The van der Waals surface area contributed by atoms with Crippen LogP contribution in [-0.4, -0.2) is 40.1 Å². The van der Waals surface area contributed by atoms with Gasteiger partial charge in [0.15, 0.2) is 5.03 Å². The van der Waals surface area contributed by atoms with E-state index < -0.39 is 10.0 Å². The number of aliphatic hydroxyl groups is 1. The zero-order chi connectivity index (χ0) is 13.3. The Bertz CT molecular complexity index is 501. The maximum atomic E-state index is 12.6. The molecule has 0 bridgehead atoms. The molecule has 0 spiro atoms. The third-order valence-corrected chi connectivity index (χ3v) is 5.64. The van der Waals surface area contributed by atoms with Gasteiger partial charge in [-0.15, -0.1) is 0 Å². The number of hydrogen-bond acceptors (Lipinski definition) is 4. The van der Waals surface area contributed by atoms with Crippen LogP contribution in [0.5, 0.6) is 0 Å². The van der Waals surface area contributed by atoms with E-state index in [-0.39, 0.29) is 23.7 Å². The predicted molar refractivity (Wildman–Crippen MR) is 66.3 cm³/mol.